The van der Waals surface area contributed by atoms with E-state index in [2.05, 4.69) is 27.3 Å². The minimum atomic E-state index is -0.298. The van der Waals surface area contributed by atoms with Gasteiger partial charge >= 0.3 is 11.9 Å². The molecule has 1 heterocycles. The number of rotatable bonds is 1. The fourth-order valence-electron chi connectivity index (χ4n) is 2.15. The van der Waals surface area contributed by atoms with Crippen molar-refractivity contribution in [3.05, 3.63) is 0 Å². The lowest BCUT2D eigenvalue weighted by Crippen LogP contribution is -2.35. The van der Waals surface area contributed by atoms with Crippen molar-refractivity contribution < 1.29 is 19.1 Å². The number of halogens is 1. The lowest BCUT2D eigenvalue weighted by Gasteiger charge is -2.26. The van der Waals surface area contributed by atoms with E-state index >= 15 is 0 Å². The third-order valence-corrected chi connectivity index (χ3v) is 4.24. The second-order valence-corrected chi connectivity index (χ2v) is 5.30. The number of ether oxygens (including phenoxy) is 2. The SMILES string of the molecule is COC(=O)[C@@H]1C[C@@H](I)[C@@H]2C[C@H]1C(=O)O2. The number of carbonyl (C=O) groups is 2. The van der Waals surface area contributed by atoms with Crippen LogP contribution in [0.15, 0.2) is 0 Å². The van der Waals surface area contributed by atoms with Gasteiger partial charge in [0.1, 0.15) is 6.10 Å². The van der Waals surface area contributed by atoms with Gasteiger partial charge in [-0.25, -0.2) is 0 Å². The summed E-state index contributed by atoms with van der Waals surface area (Å²) < 4.78 is 10.1. The molecule has 0 unspecified atom stereocenters. The lowest BCUT2D eigenvalue weighted by molar-refractivity contribution is -0.153. The molecule has 0 spiro atoms. The molecule has 2 rings (SSSR count). The maximum Gasteiger partial charge on any atom is 0.310 e. The van der Waals surface area contributed by atoms with Crippen molar-refractivity contribution >= 4 is 34.5 Å². The van der Waals surface area contributed by atoms with E-state index in [1.54, 1.807) is 0 Å². The Morgan fingerprint density at radius 1 is 1.57 bits per heavy atom. The zero-order valence-electron chi connectivity index (χ0n) is 7.73. The lowest BCUT2D eigenvalue weighted by atomic mass is 9.80. The predicted molar refractivity (Wildman–Crippen MR) is 55.9 cm³/mol. The number of carbonyl (C=O) groups excluding carboxylic acids is 2. The van der Waals surface area contributed by atoms with Crippen LogP contribution >= 0.6 is 22.6 Å². The fraction of sp³-hybridized carbons (Fsp3) is 0.778. The number of esters is 2. The molecule has 2 aliphatic rings. The van der Waals surface area contributed by atoms with Crippen LogP contribution in [0.4, 0.5) is 0 Å². The Morgan fingerprint density at radius 2 is 2.29 bits per heavy atom. The second kappa shape index (κ2) is 3.67. The molecule has 2 fully saturated rings. The molecule has 5 heteroatoms. The zero-order valence-corrected chi connectivity index (χ0v) is 9.89. The summed E-state index contributed by atoms with van der Waals surface area (Å²) in [5, 5.41) is 0. The molecule has 0 amide bonds. The van der Waals surface area contributed by atoms with E-state index in [0.29, 0.717) is 12.8 Å². The third-order valence-electron chi connectivity index (χ3n) is 2.93. The summed E-state index contributed by atoms with van der Waals surface area (Å²) in [5.41, 5.74) is 0. The van der Waals surface area contributed by atoms with Gasteiger partial charge in [0, 0.05) is 3.92 Å². The van der Waals surface area contributed by atoms with Crippen LogP contribution in [0.25, 0.3) is 0 Å². The first-order valence-electron chi connectivity index (χ1n) is 4.56. The largest absolute Gasteiger partial charge is 0.469 e. The Hall–Kier alpha value is -0.330. The Labute approximate surface area is 95.5 Å². The van der Waals surface area contributed by atoms with E-state index < -0.39 is 0 Å². The van der Waals surface area contributed by atoms with E-state index in [0.717, 1.165) is 0 Å². The van der Waals surface area contributed by atoms with Crippen molar-refractivity contribution in [2.45, 2.75) is 22.9 Å². The van der Waals surface area contributed by atoms with E-state index in [1.165, 1.54) is 7.11 Å². The summed E-state index contributed by atoms with van der Waals surface area (Å²) in [7, 11) is 1.36. The molecular formula is C9H11IO4. The highest BCUT2D eigenvalue weighted by Gasteiger charge is 2.50. The van der Waals surface area contributed by atoms with E-state index in [4.69, 9.17) is 4.74 Å². The third kappa shape index (κ3) is 1.51. The first-order chi connectivity index (χ1) is 6.63. The Balaban J connectivity index is 2.18. The highest BCUT2D eigenvalue weighted by Crippen LogP contribution is 2.42. The van der Waals surface area contributed by atoms with E-state index in [1.807, 2.05) is 0 Å². The van der Waals surface area contributed by atoms with Crippen molar-refractivity contribution in [1.29, 1.82) is 0 Å². The molecule has 0 aromatic heterocycles. The molecule has 0 N–H and O–H groups in total. The maximum atomic E-state index is 11.4. The molecule has 4 atom stereocenters. The zero-order chi connectivity index (χ0) is 10.3. The fourth-order valence-corrected chi connectivity index (χ4v) is 3.14. The van der Waals surface area contributed by atoms with Crippen LogP contribution in [0.2, 0.25) is 0 Å². The van der Waals surface area contributed by atoms with E-state index in [-0.39, 0.29) is 33.8 Å². The topological polar surface area (TPSA) is 52.6 Å². The number of alkyl halides is 1. The molecule has 1 saturated heterocycles. The normalized spacial score (nSPS) is 40.6. The monoisotopic (exact) mass is 310 g/mol. The van der Waals surface area contributed by atoms with Crippen LogP contribution in [-0.2, 0) is 19.1 Å². The van der Waals surface area contributed by atoms with Crippen LogP contribution in [0.1, 0.15) is 12.8 Å². The number of methoxy groups -OCH3 is 1. The number of fused-ring (bicyclic) bond motifs is 2. The van der Waals surface area contributed by atoms with Gasteiger partial charge in [-0.1, -0.05) is 22.6 Å². The molecule has 2 bridgehead atoms. The molecule has 0 aromatic carbocycles. The van der Waals surface area contributed by atoms with Crippen LogP contribution in [0.5, 0.6) is 0 Å². The minimum Gasteiger partial charge on any atom is -0.469 e. The average molecular weight is 310 g/mol. The van der Waals surface area contributed by atoms with Gasteiger partial charge in [-0.3, -0.25) is 9.59 Å². The predicted octanol–water partition coefficient (Wildman–Crippen LogP) is 0.915. The van der Waals surface area contributed by atoms with Crippen molar-refractivity contribution in [2.24, 2.45) is 11.8 Å². The smallest absolute Gasteiger partial charge is 0.310 e. The summed E-state index contributed by atoms with van der Waals surface area (Å²) >= 11 is 2.24. The Morgan fingerprint density at radius 3 is 2.93 bits per heavy atom. The summed E-state index contributed by atoms with van der Waals surface area (Å²) in [4.78, 5) is 22.8. The first kappa shape index (κ1) is 10.2. The maximum absolute atomic E-state index is 11.4. The molecule has 1 aliphatic carbocycles. The first-order valence-corrected chi connectivity index (χ1v) is 5.80. The Kier molecular flexibility index (Phi) is 2.68. The second-order valence-electron chi connectivity index (χ2n) is 3.70. The molecule has 1 aliphatic heterocycles. The molecule has 1 saturated carbocycles. The highest BCUT2D eigenvalue weighted by atomic mass is 127. The molecule has 0 radical (unpaired) electrons. The van der Waals surface area contributed by atoms with Crippen molar-refractivity contribution in [3.8, 4) is 0 Å². The number of hydrogen-bond acceptors (Lipinski definition) is 4. The quantitative estimate of drug-likeness (QED) is 0.410. The summed E-state index contributed by atoms with van der Waals surface area (Å²) in [6, 6.07) is 0. The summed E-state index contributed by atoms with van der Waals surface area (Å²) in [5.74, 6) is -1.08. The van der Waals surface area contributed by atoms with Gasteiger partial charge in [-0.15, -0.1) is 0 Å². The Bertz CT molecular complexity index is 278. The van der Waals surface area contributed by atoms with Crippen LogP contribution < -0.4 is 0 Å². The van der Waals surface area contributed by atoms with Crippen molar-refractivity contribution in [2.75, 3.05) is 7.11 Å². The standard InChI is InChI=1S/C9H11IO4/c1-13-8(11)4-2-6(10)7-3-5(4)9(12)14-7/h4-7H,2-3H2,1H3/t4-,5-,6-,7+/m1/s1. The summed E-state index contributed by atoms with van der Waals surface area (Å²) in [6.45, 7) is 0. The van der Waals surface area contributed by atoms with Crippen LogP contribution in [0, 0.1) is 11.8 Å². The van der Waals surface area contributed by atoms with Gasteiger partial charge in [-0.2, -0.15) is 0 Å². The minimum absolute atomic E-state index is 0.00834. The summed E-state index contributed by atoms with van der Waals surface area (Å²) in [6.07, 6.45) is 1.37. The molecular weight excluding hydrogens is 299 g/mol. The van der Waals surface area contributed by atoms with Gasteiger partial charge in [0.15, 0.2) is 0 Å². The average Bonchev–Trinajstić information content (AvgIpc) is 2.50. The molecule has 14 heavy (non-hydrogen) atoms. The van der Waals surface area contributed by atoms with Gasteiger partial charge in [0.2, 0.25) is 0 Å². The van der Waals surface area contributed by atoms with Crippen LogP contribution in [-0.4, -0.2) is 29.1 Å². The van der Waals surface area contributed by atoms with Crippen LogP contribution in [0.3, 0.4) is 0 Å². The molecule has 0 aromatic rings. The van der Waals surface area contributed by atoms with Crippen molar-refractivity contribution in [3.63, 3.8) is 0 Å². The van der Waals surface area contributed by atoms with Gasteiger partial charge in [0.25, 0.3) is 0 Å². The molecule has 78 valence electrons. The highest BCUT2D eigenvalue weighted by molar-refractivity contribution is 14.1. The van der Waals surface area contributed by atoms with Crippen molar-refractivity contribution in [1.82, 2.24) is 0 Å². The van der Waals surface area contributed by atoms with Gasteiger partial charge in [-0.05, 0) is 12.8 Å². The molecule has 4 nitrogen and oxygen atoms in total. The van der Waals surface area contributed by atoms with E-state index in [9.17, 15) is 9.59 Å². The van der Waals surface area contributed by atoms with Gasteiger partial charge in [0.05, 0.1) is 18.9 Å². The van der Waals surface area contributed by atoms with Gasteiger partial charge < -0.3 is 9.47 Å². The number of hydrogen-bond donors (Lipinski definition) is 0.